The van der Waals surface area contributed by atoms with Gasteiger partial charge in [-0.05, 0) is 40.9 Å². The second kappa shape index (κ2) is 7.25. The fraction of sp³-hybridized carbons (Fsp3) is 0.375. The molecule has 23 heavy (non-hydrogen) atoms. The average Bonchev–Trinajstić information content (AvgIpc) is 3.03. The Labute approximate surface area is 141 Å². The molecule has 0 unspecified atom stereocenters. The number of piperazine rings is 1. The SMILES string of the molecule is FC(F)(F)Sc1ccc([C@H](c2cccs2)N2CCNCC2)cc1. The van der Waals surface area contributed by atoms with Gasteiger partial charge in [0.15, 0.2) is 0 Å². The molecule has 124 valence electrons. The topological polar surface area (TPSA) is 15.3 Å². The highest BCUT2D eigenvalue weighted by atomic mass is 32.2. The zero-order chi connectivity index (χ0) is 16.3. The first-order valence-corrected chi connectivity index (χ1v) is 9.06. The molecule has 2 heterocycles. The summed E-state index contributed by atoms with van der Waals surface area (Å²) in [7, 11) is 0. The molecule has 0 radical (unpaired) electrons. The summed E-state index contributed by atoms with van der Waals surface area (Å²) in [6, 6.07) is 11.0. The van der Waals surface area contributed by atoms with E-state index >= 15 is 0 Å². The van der Waals surface area contributed by atoms with Crippen LogP contribution in [0.5, 0.6) is 0 Å². The van der Waals surface area contributed by atoms with E-state index in [9.17, 15) is 13.2 Å². The van der Waals surface area contributed by atoms with Gasteiger partial charge < -0.3 is 5.32 Å². The van der Waals surface area contributed by atoms with E-state index in [0.717, 1.165) is 31.7 Å². The first kappa shape index (κ1) is 16.8. The summed E-state index contributed by atoms with van der Waals surface area (Å²) in [6.07, 6.45) is 0. The van der Waals surface area contributed by atoms with Gasteiger partial charge in [0.05, 0.1) is 6.04 Å². The lowest BCUT2D eigenvalue weighted by molar-refractivity contribution is -0.0328. The van der Waals surface area contributed by atoms with Crippen molar-refractivity contribution < 1.29 is 13.2 Å². The van der Waals surface area contributed by atoms with Gasteiger partial charge in [0.25, 0.3) is 0 Å². The van der Waals surface area contributed by atoms with Crippen LogP contribution in [0.2, 0.25) is 0 Å². The zero-order valence-electron chi connectivity index (χ0n) is 12.3. The lowest BCUT2D eigenvalue weighted by atomic mass is 10.0. The van der Waals surface area contributed by atoms with Crippen molar-refractivity contribution in [2.24, 2.45) is 0 Å². The molecule has 1 aromatic heterocycles. The maximum Gasteiger partial charge on any atom is 0.446 e. The molecule has 1 aliphatic rings. The number of thioether (sulfide) groups is 1. The quantitative estimate of drug-likeness (QED) is 0.818. The maximum absolute atomic E-state index is 12.5. The molecule has 7 heteroatoms. The Hall–Kier alpha value is -1.02. The van der Waals surface area contributed by atoms with Crippen molar-refractivity contribution in [2.45, 2.75) is 16.4 Å². The van der Waals surface area contributed by atoms with Crippen molar-refractivity contribution in [1.82, 2.24) is 10.2 Å². The van der Waals surface area contributed by atoms with E-state index in [4.69, 9.17) is 0 Å². The lowest BCUT2D eigenvalue weighted by Gasteiger charge is -2.34. The van der Waals surface area contributed by atoms with Crippen LogP contribution in [-0.2, 0) is 0 Å². The Morgan fingerprint density at radius 2 is 1.78 bits per heavy atom. The third-order valence-electron chi connectivity index (χ3n) is 3.76. The molecular weight excluding hydrogens is 341 g/mol. The summed E-state index contributed by atoms with van der Waals surface area (Å²) in [6.45, 7) is 3.73. The maximum atomic E-state index is 12.5. The Bertz CT molecular complexity index is 605. The molecular formula is C16H17F3N2S2. The molecule has 0 aliphatic carbocycles. The van der Waals surface area contributed by atoms with Crippen LogP contribution in [0, 0.1) is 0 Å². The van der Waals surface area contributed by atoms with Crippen LogP contribution in [-0.4, -0.2) is 36.6 Å². The van der Waals surface area contributed by atoms with Gasteiger partial charge in [-0.25, -0.2) is 0 Å². The van der Waals surface area contributed by atoms with Gasteiger partial charge in [-0.1, -0.05) is 18.2 Å². The highest BCUT2D eigenvalue weighted by molar-refractivity contribution is 8.00. The van der Waals surface area contributed by atoms with E-state index in [1.54, 1.807) is 23.5 Å². The van der Waals surface area contributed by atoms with Crippen LogP contribution >= 0.6 is 23.1 Å². The van der Waals surface area contributed by atoms with Gasteiger partial charge >= 0.3 is 5.51 Å². The molecule has 0 bridgehead atoms. The minimum absolute atomic E-state index is 0.0668. The normalized spacial score (nSPS) is 18.0. The Balaban J connectivity index is 1.84. The van der Waals surface area contributed by atoms with Crippen LogP contribution in [0.4, 0.5) is 13.2 Å². The van der Waals surface area contributed by atoms with Gasteiger partial charge in [-0.2, -0.15) is 13.2 Å². The number of hydrogen-bond acceptors (Lipinski definition) is 4. The van der Waals surface area contributed by atoms with Crippen molar-refractivity contribution in [3.05, 3.63) is 52.2 Å². The Morgan fingerprint density at radius 3 is 2.35 bits per heavy atom. The van der Waals surface area contributed by atoms with E-state index < -0.39 is 5.51 Å². The number of thiophene rings is 1. The third-order valence-corrected chi connectivity index (χ3v) is 5.42. The van der Waals surface area contributed by atoms with Crippen molar-refractivity contribution in [3.8, 4) is 0 Å². The van der Waals surface area contributed by atoms with Crippen molar-refractivity contribution in [3.63, 3.8) is 0 Å². The third kappa shape index (κ3) is 4.50. The summed E-state index contributed by atoms with van der Waals surface area (Å²) in [5, 5.41) is 5.37. The number of halogens is 3. The highest BCUT2D eigenvalue weighted by Gasteiger charge is 2.29. The summed E-state index contributed by atoms with van der Waals surface area (Å²) in [5.74, 6) is 0. The second-order valence-electron chi connectivity index (χ2n) is 5.32. The first-order valence-electron chi connectivity index (χ1n) is 7.37. The molecule has 1 atom stereocenters. The van der Waals surface area contributed by atoms with E-state index in [1.165, 1.54) is 4.88 Å². The van der Waals surface area contributed by atoms with E-state index in [0.29, 0.717) is 0 Å². The van der Waals surface area contributed by atoms with Crippen molar-refractivity contribution >= 4 is 23.1 Å². The lowest BCUT2D eigenvalue weighted by Crippen LogP contribution is -2.45. The van der Waals surface area contributed by atoms with Gasteiger partial charge in [0.2, 0.25) is 0 Å². The highest BCUT2D eigenvalue weighted by Crippen LogP contribution is 2.38. The second-order valence-corrected chi connectivity index (χ2v) is 7.44. The fourth-order valence-corrected chi connectivity index (χ4v) is 4.22. The zero-order valence-corrected chi connectivity index (χ0v) is 14.0. The summed E-state index contributed by atoms with van der Waals surface area (Å²) in [4.78, 5) is 3.84. The van der Waals surface area contributed by atoms with E-state index in [1.807, 2.05) is 23.6 Å². The molecule has 1 saturated heterocycles. The summed E-state index contributed by atoms with van der Waals surface area (Å²) >= 11 is 1.62. The number of alkyl halides is 3. The minimum Gasteiger partial charge on any atom is -0.314 e. The molecule has 2 nitrogen and oxygen atoms in total. The van der Waals surface area contributed by atoms with Crippen LogP contribution in [0.1, 0.15) is 16.5 Å². The monoisotopic (exact) mass is 358 g/mol. The molecule has 3 rings (SSSR count). The number of hydrogen-bond donors (Lipinski definition) is 1. The molecule has 2 aromatic rings. The summed E-state index contributed by atoms with van der Waals surface area (Å²) < 4.78 is 37.4. The van der Waals surface area contributed by atoms with Crippen LogP contribution < -0.4 is 5.32 Å². The van der Waals surface area contributed by atoms with E-state index in [-0.39, 0.29) is 22.7 Å². The van der Waals surface area contributed by atoms with Gasteiger partial charge in [-0.3, -0.25) is 4.90 Å². The Morgan fingerprint density at radius 1 is 1.09 bits per heavy atom. The standard InChI is InChI=1S/C16H17F3N2S2/c17-16(18,19)23-13-5-3-12(4-6-13)15(14-2-1-11-22-14)21-9-7-20-8-10-21/h1-6,11,15,20H,7-10H2/t15-/m1/s1. The fourth-order valence-electron chi connectivity index (χ4n) is 2.79. The number of nitrogens with one attached hydrogen (secondary N) is 1. The van der Waals surface area contributed by atoms with Gasteiger partial charge in [0, 0.05) is 36.0 Å². The smallest absolute Gasteiger partial charge is 0.314 e. The average molecular weight is 358 g/mol. The van der Waals surface area contributed by atoms with Crippen molar-refractivity contribution in [1.29, 1.82) is 0 Å². The number of benzene rings is 1. The molecule has 1 fully saturated rings. The van der Waals surface area contributed by atoms with Crippen LogP contribution in [0.25, 0.3) is 0 Å². The molecule has 1 aromatic carbocycles. The molecule has 0 amide bonds. The Kier molecular flexibility index (Phi) is 5.31. The molecule has 0 saturated carbocycles. The molecule has 1 aliphatic heterocycles. The van der Waals surface area contributed by atoms with Crippen molar-refractivity contribution in [2.75, 3.05) is 26.2 Å². The summed E-state index contributed by atoms with van der Waals surface area (Å²) in [5.41, 5.74) is -3.20. The number of rotatable bonds is 4. The van der Waals surface area contributed by atoms with Gasteiger partial charge in [-0.15, -0.1) is 11.3 Å². The van der Waals surface area contributed by atoms with Crippen LogP contribution in [0.15, 0.2) is 46.7 Å². The number of nitrogens with zero attached hydrogens (tertiary/aromatic N) is 1. The predicted molar refractivity (Wildman–Crippen MR) is 89.0 cm³/mol. The predicted octanol–water partition coefficient (Wildman–Crippen LogP) is 4.35. The minimum atomic E-state index is -4.24. The molecule has 1 N–H and O–H groups in total. The van der Waals surface area contributed by atoms with Gasteiger partial charge in [0.1, 0.15) is 0 Å². The first-order chi connectivity index (χ1) is 11.0. The largest absolute Gasteiger partial charge is 0.446 e. The van der Waals surface area contributed by atoms with E-state index in [2.05, 4.69) is 16.3 Å². The van der Waals surface area contributed by atoms with Crippen LogP contribution in [0.3, 0.4) is 0 Å². The molecule has 0 spiro atoms.